The van der Waals surface area contributed by atoms with Gasteiger partial charge in [0.2, 0.25) is 0 Å². The molecule has 6 nitrogen and oxygen atoms in total. The van der Waals surface area contributed by atoms with Crippen LogP contribution in [0.15, 0.2) is 28.3 Å². The predicted octanol–water partition coefficient (Wildman–Crippen LogP) is 0.913. The molecule has 0 saturated heterocycles. The van der Waals surface area contributed by atoms with E-state index in [0.29, 0.717) is 0 Å². The maximum atomic E-state index is 10.6. The zero-order chi connectivity index (χ0) is 10.1. The first-order valence-corrected chi connectivity index (χ1v) is 4.59. The summed E-state index contributed by atoms with van der Waals surface area (Å²) in [5, 5.41) is 2.49. The highest BCUT2D eigenvalue weighted by atomic mass is 32.2. The Morgan fingerprint density at radius 1 is 1.38 bits per heavy atom. The molecule has 0 atom stereocenters. The molecule has 0 bridgehead atoms. The van der Waals surface area contributed by atoms with Gasteiger partial charge in [0.15, 0.2) is 0 Å². The molecule has 0 aliphatic carbocycles. The Morgan fingerprint density at radius 3 is 2.46 bits per heavy atom. The van der Waals surface area contributed by atoms with Gasteiger partial charge in [0, 0.05) is 0 Å². The first-order chi connectivity index (χ1) is 5.95. The van der Waals surface area contributed by atoms with Crippen LogP contribution in [0.5, 0.6) is 0 Å². The number of anilines is 1. The summed E-state index contributed by atoms with van der Waals surface area (Å²) >= 11 is 0. The van der Waals surface area contributed by atoms with Gasteiger partial charge in [0.05, 0.1) is 10.6 Å². The van der Waals surface area contributed by atoms with Crippen molar-refractivity contribution >= 4 is 21.5 Å². The molecule has 0 aromatic heterocycles. The van der Waals surface area contributed by atoms with Crippen molar-refractivity contribution in [2.24, 2.45) is 5.18 Å². The molecule has 0 fully saturated rings. The topological polar surface area (TPSA) is 110 Å². The Balaban J connectivity index is 3.38. The average Bonchev–Trinajstić information content (AvgIpc) is 2.03. The summed E-state index contributed by atoms with van der Waals surface area (Å²) in [7, 11) is -4.31. The molecule has 0 heterocycles. The summed E-state index contributed by atoms with van der Waals surface area (Å²) in [5.74, 6) is 0. The SMILES string of the molecule is Nc1ccc(S(=O)(=O)O)cc1N=O. The largest absolute Gasteiger partial charge is 0.397 e. The smallest absolute Gasteiger partial charge is 0.294 e. The fraction of sp³-hybridized carbons (Fsp3) is 0. The van der Waals surface area contributed by atoms with Gasteiger partial charge in [-0.05, 0) is 23.4 Å². The lowest BCUT2D eigenvalue weighted by Crippen LogP contribution is -1.98. The molecule has 0 spiro atoms. The summed E-state index contributed by atoms with van der Waals surface area (Å²) in [6.45, 7) is 0. The van der Waals surface area contributed by atoms with Gasteiger partial charge in [-0.15, -0.1) is 4.91 Å². The van der Waals surface area contributed by atoms with Crippen LogP contribution < -0.4 is 5.73 Å². The minimum Gasteiger partial charge on any atom is -0.397 e. The van der Waals surface area contributed by atoms with E-state index in [4.69, 9.17) is 10.3 Å². The number of rotatable bonds is 2. The van der Waals surface area contributed by atoms with E-state index in [-0.39, 0.29) is 11.4 Å². The fourth-order valence-corrected chi connectivity index (χ4v) is 1.26. The monoisotopic (exact) mass is 202 g/mol. The number of hydrogen-bond acceptors (Lipinski definition) is 5. The standard InChI is InChI=1S/C6H6N2O4S/c7-5-2-1-4(13(10,11)12)3-6(5)8-9/h1-3H,7H2,(H,10,11,12). The Bertz CT molecular complexity index is 440. The molecule has 1 aromatic rings. The maximum absolute atomic E-state index is 10.6. The molecular formula is C6H6N2O4S. The van der Waals surface area contributed by atoms with E-state index < -0.39 is 15.0 Å². The van der Waals surface area contributed by atoms with Gasteiger partial charge < -0.3 is 5.73 Å². The van der Waals surface area contributed by atoms with Crippen LogP contribution in [-0.2, 0) is 10.1 Å². The van der Waals surface area contributed by atoms with Crippen LogP contribution in [0, 0.1) is 4.91 Å². The number of nitrogens with two attached hydrogens (primary N) is 1. The summed E-state index contributed by atoms with van der Waals surface area (Å²) in [4.78, 5) is 9.69. The summed E-state index contributed by atoms with van der Waals surface area (Å²) < 4.78 is 29.8. The normalized spacial score (nSPS) is 11.2. The Kier molecular flexibility index (Phi) is 2.30. The molecule has 0 aliphatic heterocycles. The van der Waals surface area contributed by atoms with Crippen LogP contribution in [0.3, 0.4) is 0 Å². The van der Waals surface area contributed by atoms with Crippen molar-refractivity contribution in [3.8, 4) is 0 Å². The van der Waals surface area contributed by atoms with Crippen LogP contribution in [-0.4, -0.2) is 13.0 Å². The highest BCUT2D eigenvalue weighted by Gasteiger charge is 2.11. The highest BCUT2D eigenvalue weighted by Crippen LogP contribution is 2.24. The van der Waals surface area contributed by atoms with Crippen LogP contribution in [0.25, 0.3) is 0 Å². The summed E-state index contributed by atoms with van der Waals surface area (Å²) in [6, 6.07) is 3.16. The van der Waals surface area contributed by atoms with E-state index >= 15 is 0 Å². The Morgan fingerprint density at radius 2 is 2.00 bits per heavy atom. The van der Waals surface area contributed by atoms with E-state index in [1.807, 2.05) is 0 Å². The Hall–Kier alpha value is -1.47. The summed E-state index contributed by atoms with van der Waals surface area (Å²) in [6.07, 6.45) is 0. The molecule has 70 valence electrons. The number of nitroso groups, excluding NO2 is 1. The van der Waals surface area contributed by atoms with E-state index in [2.05, 4.69) is 5.18 Å². The molecule has 1 rings (SSSR count). The third-order valence-corrected chi connectivity index (χ3v) is 2.25. The second-order valence-corrected chi connectivity index (χ2v) is 3.71. The molecule has 3 N–H and O–H groups in total. The second-order valence-electron chi connectivity index (χ2n) is 2.29. The molecule has 0 amide bonds. The summed E-state index contributed by atoms with van der Waals surface area (Å²) in [5.41, 5.74) is 5.12. The molecule has 0 unspecified atom stereocenters. The minimum absolute atomic E-state index is 0.0578. The molecule has 0 radical (unpaired) electrons. The van der Waals surface area contributed by atoms with Crippen LogP contribution in [0.1, 0.15) is 0 Å². The van der Waals surface area contributed by atoms with Gasteiger partial charge in [-0.3, -0.25) is 4.55 Å². The first kappa shape index (κ1) is 9.62. The zero-order valence-corrected chi connectivity index (χ0v) is 7.15. The van der Waals surface area contributed by atoms with E-state index in [0.717, 1.165) is 12.1 Å². The second kappa shape index (κ2) is 3.11. The number of hydrogen-bond donors (Lipinski definition) is 2. The molecule has 1 aromatic carbocycles. The van der Waals surface area contributed by atoms with Gasteiger partial charge >= 0.3 is 0 Å². The van der Waals surface area contributed by atoms with Gasteiger partial charge in [-0.25, -0.2) is 0 Å². The van der Waals surface area contributed by atoms with Crippen molar-refractivity contribution in [3.05, 3.63) is 23.1 Å². The average molecular weight is 202 g/mol. The fourth-order valence-electron chi connectivity index (χ4n) is 0.763. The van der Waals surface area contributed by atoms with Crippen molar-refractivity contribution in [1.82, 2.24) is 0 Å². The van der Waals surface area contributed by atoms with Crippen LogP contribution in [0.2, 0.25) is 0 Å². The van der Waals surface area contributed by atoms with Crippen molar-refractivity contribution in [2.75, 3.05) is 5.73 Å². The maximum Gasteiger partial charge on any atom is 0.294 e. The number of nitrogens with zero attached hydrogens (tertiary/aromatic N) is 1. The first-order valence-electron chi connectivity index (χ1n) is 3.15. The third-order valence-electron chi connectivity index (χ3n) is 1.40. The van der Waals surface area contributed by atoms with E-state index in [1.165, 1.54) is 6.07 Å². The van der Waals surface area contributed by atoms with Crippen LogP contribution >= 0.6 is 0 Å². The molecular weight excluding hydrogens is 196 g/mol. The third kappa shape index (κ3) is 2.01. The predicted molar refractivity (Wildman–Crippen MR) is 46.1 cm³/mol. The molecule has 0 saturated carbocycles. The molecule has 0 aliphatic rings. The van der Waals surface area contributed by atoms with Gasteiger partial charge in [0.1, 0.15) is 5.69 Å². The van der Waals surface area contributed by atoms with Crippen molar-refractivity contribution in [1.29, 1.82) is 0 Å². The zero-order valence-electron chi connectivity index (χ0n) is 6.34. The molecule has 13 heavy (non-hydrogen) atoms. The van der Waals surface area contributed by atoms with E-state index in [9.17, 15) is 13.3 Å². The number of nitrogen functional groups attached to an aromatic ring is 1. The van der Waals surface area contributed by atoms with Gasteiger partial charge in [-0.2, -0.15) is 8.42 Å². The molecule has 7 heteroatoms. The van der Waals surface area contributed by atoms with Crippen LogP contribution in [0.4, 0.5) is 11.4 Å². The van der Waals surface area contributed by atoms with E-state index in [1.54, 1.807) is 0 Å². The lowest BCUT2D eigenvalue weighted by molar-refractivity contribution is 0.483. The number of benzene rings is 1. The lowest BCUT2D eigenvalue weighted by atomic mass is 10.3. The minimum atomic E-state index is -4.31. The Labute approximate surface area is 74.1 Å². The van der Waals surface area contributed by atoms with Gasteiger partial charge in [-0.1, -0.05) is 0 Å². The van der Waals surface area contributed by atoms with Crippen molar-refractivity contribution < 1.29 is 13.0 Å². The van der Waals surface area contributed by atoms with Crippen molar-refractivity contribution in [3.63, 3.8) is 0 Å². The highest BCUT2D eigenvalue weighted by molar-refractivity contribution is 7.85. The quantitative estimate of drug-likeness (QED) is 0.420. The lowest BCUT2D eigenvalue weighted by Gasteiger charge is -1.99. The van der Waals surface area contributed by atoms with Gasteiger partial charge in [0.25, 0.3) is 10.1 Å². The van der Waals surface area contributed by atoms with Crippen molar-refractivity contribution in [2.45, 2.75) is 4.90 Å².